The molecule has 1 aliphatic heterocycles. The monoisotopic (exact) mass is 254 g/mol. The van der Waals surface area contributed by atoms with E-state index >= 15 is 0 Å². The van der Waals surface area contributed by atoms with Gasteiger partial charge in [-0.05, 0) is 26.2 Å². The van der Waals surface area contributed by atoms with Crippen molar-refractivity contribution in [1.82, 2.24) is 10.3 Å². The van der Waals surface area contributed by atoms with Crippen LogP contribution >= 0.6 is 11.3 Å². The molecule has 17 heavy (non-hydrogen) atoms. The first-order valence-electron chi connectivity index (χ1n) is 6.03. The summed E-state index contributed by atoms with van der Waals surface area (Å²) < 4.78 is 5.48. The van der Waals surface area contributed by atoms with Gasteiger partial charge in [0.25, 0.3) is 0 Å². The Hall–Kier alpha value is -0.940. The van der Waals surface area contributed by atoms with Crippen molar-refractivity contribution in [1.29, 1.82) is 0 Å². The summed E-state index contributed by atoms with van der Waals surface area (Å²) in [6.45, 7) is 3.35. The van der Waals surface area contributed by atoms with Crippen molar-refractivity contribution >= 4 is 17.2 Å². The number of hydrogen-bond acceptors (Lipinski definition) is 4. The molecule has 1 fully saturated rings. The minimum atomic E-state index is 0.0911. The lowest BCUT2D eigenvalue weighted by Crippen LogP contribution is -2.23. The molecule has 0 spiro atoms. The third-order valence-corrected chi connectivity index (χ3v) is 3.79. The second-order valence-electron chi connectivity index (χ2n) is 4.33. The molecule has 0 unspecified atom stereocenters. The molecule has 0 aromatic carbocycles. The van der Waals surface area contributed by atoms with Crippen molar-refractivity contribution in [3.05, 3.63) is 16.1 Å². The molecule has 2 rings (SSSR count). The number of nitrogens with zero attached hydrogens (tertiary/aromatic N) is 1. The van der Waals surface area contributed by atoms with Crippen LogP contribution in [0.5, 0.6) is 0 Å². The minimum absolute atomic E-state index is 0.0911. The molecule has 4 nitrogen and oxygen atoms in total. The fraction of sp³-hybridized carbons (Fsp3) is 0.667. The van der Waals surface area contributed by atoms with Crippen LogP contribution in [0.3, 0.4) is 0 Å². The van der Waals surface area contributed by atoms with E-state index in [0.717, 1.165) is 36.6 Å². The van der Waals surface area contributed by atoms with Crippen molar-refractivity contribution in [2.45, 2.75) is 45.3 Å². The van der Waals surface area contributed by atoms with E-state index in [2.05, 4.69) is 10.3 Å². The first kappa shape index (κ1) is 12.5. The Labute approximate surface area is 105 Å². The number of aromatic nitrogens is 1. The zero-order valence-electron chi connectivity index (χ0n) is 10.1. The second kappa shape index (κ2) is 6.12. The Bertz CT molecular complexity index is 372. The van der Waals surface area contributed by atoms with Crippen LogP contribution in [0, 0.1) is 6.92 Å². The van der Waals surface area contributed by atoms with Gasteiger partial charge in [-0.3, -0.25) is 4.79 Å². The van der Waals surface area contributed by atoms with E-state index in [1.54, 1.807) is 11.3 Å². The van der Waals surface area contributed by atoms with Gasteiger partial charge in [-0.25, -0.2) is 4.98 Å². The van der Waals surface area contributed by atoms with Crippen molar-refractivity contribution in [2.24, 2.45) is 0 Å². The molecule has 94 valence electrons. The van der Waals surface area contributed by atoms with Crippen molar-refractivity contribution in [3.63, 3.8) is 0 Å². The molecule has 1 aliphatic rings. The molecule has 2 heterocycles. The van der Waals surface area contributed by atoms with E-state index in [-0.39, 0.29) is 5.91 Å². The molecule has 0 saturated carbocycles. The minimum Gasteiger partial charge on any atom is -0.378 e. The van der Waals surface area contributed by atoms with E-state index in [9.17, 15) is 4.79 Å². The number of thiazole rings is 1. The standard InChI is InChI=1S/C12H18N2O2S/c1-9-8-17-12(14-9)7-13-11(15)5-4-10-3-2-6-16-10/h8,10H,2-7H2,1H3,(H,13,15)/t10-/m1/s1. The smallest absolute Gasteiger partial charge is 0.220 e. The third-order valence-electron chi connectivity index (χ3n) is 2.82. The van der Waals surface area contributed by atoms with E-state index in [0.29, 0.717) is 19.1 Å². The number of carbonyl (C=O) groups excluding carboxylic acids is 1. The number of nitrogens with one attached hydrogen (secondary N) is 1. The summed E-state index contributed by atoms with van der Waals surface area (Å²) in [5, 5.41) is 5.85. The summed E-state index contributed by atoms with van der Waals surface area (Å²) in [7, 11) is 0. The van der Waals surface area contributed by atoms with Crippen LogP contribution in [0.1, 0.15) is 36.4 Å². The van der Waals surface area contributed by atoms with Crippen LogP contribution in [0.2, 0.25) is 0 Å². The van der Waals surface area contributed by atoms with Gasteiger partial charge < -0.3 is 10.1 Å². The number of aryl methyl sites for hydroxylation is 1. The van der Waals surface area contributed by atoms with Gasteiger partial charge in [0, 0.05) is 24.1 Å². The lowest BCUT2D eigenvalue weighted by Gasteiger charge is -2.08. The average molecular weight is 254 g/mol. The van der Waals surface area contributed by atoms with Crippen molar-refractivity contribution in [2.75, 3.05) is 6.61 Å². The molecule has 1 atom stereocenters. The normalized spacial score (nSPS) is 19.5. The van der Waals surface area contributed by atoms with Gasteiger partial charge in [-0.1, -0.05) is 0 Å². The van der Waals surface area contributed by atoms with Gasteiger partial charge in [0.05, 0.1) is 12.6 Å². The van der Waals surface area contributed by atoms with Crippen LogP contribution in [0.4, 0.5) is 0 Å². The summed E-state index contributed by atoms with van der Waals surface area (Å²) in [4.78, 5) is 15.9. The summed E-state index contributed by atoms with van der Waals surface area (Å²) in [5.41, 5.74) is 1.01. The van der Waals surface area contributed by atoms with E-state index in [1.165, 1.54) is 0 Å². The Morgan fingerprint density at radius 2 is 2.59 bits per heavy atom. The number of carbonyl (C=O) groups is 1. The average Bonchev–Trinajstić information content (AvgIpc) is 2.95. The lowest BCUT2D eigenvalue weighted by molar-refractivity contribution is -0.121. The number of rotatable bonds is 5. The summed E-state index contributed by atoms with van der Waals surface area (Å²) in [6.07, 6.45) is 3.91. The number of ether oxygens (including phenoxy) is 1. The summed E-state index contributed by atoms with van der Waals surface area (Å²) in [6, 6.07) is 0. The highest BCUT2D eigenvalue weighted by Gasteiger charge is 2.16. The molecule has 5 heteroatoms. The van der Waals surface area contributed by atoms with Gasteiger partial charge in [-0.2, -0.15) is 0 Å². The van der Waals surface area contributed by atoms with Crippen molar-refractivity contribution in [3.8, 4) is 0 Å². The lowest BCUT2D eigenvalue weighted by atomic mass is 10.1. The van der Waals surface area contributed by atoms with E-state index in [4.69, 9.17) is 4.74 Å². The maximum atomic E-state index is 11.6. The largest absolute Gasteiger partial charge is 0.378 e. The van der Waals surface area contributed by atoms with Gasteiger partial charge in [0.2, 0.25) is 5.91 Å². The maximum absolute atomic E-state index is 11.6. The number of amides is 1. The van der Waals surface area contributed by atoms with Gasteiger partial charge in [-0.15, -0.1) is 11.3 Å². The molecular weight excluding hydrogens is 236 g/mol. The summed E-state index contributed by atoms with van der Waals surface area (Å²) in [5.74, 6) is 0.0911. The Balaban J connectivity index is 1.63. The van der Waals surface area contributed by atoms with E-state index in [1.807, 2.05) is 12.3 Å². The molecule has 0 aliphatic carbocycles. The van der Waals surface area contributed by atoms with Crippen LogP contribution in [0.15, 0.2) is 5.38 Å². The molecule has 1 aromatic heterocycles. The predicted molar refractivity (Wildman–Crippen MR) is 66.9 cm³/mol. The van der Waals surface area contributed by atoms with Crippen LogP contribution < -0.4 is 5.32 Å². The summed E-state index contributed by atoms with van der Waals surface area (Å²) >= 11 is 1.58. The van der Waals surface area contributed by atoms with Gasteiger partial charge >= 0.3 is 0 Å². The molecule has 1 aromatic rings. The molecule has 1 saturated heterocycles. The molecule has 0 radical (unpaired) electrons. The van der Waals surface area contributed by atoms with Gasteiger partial charge in [0.1, 0.15) is 5.01 Å². The predicted octanol–water partition coefficient (Wildman–Crippen LogP) is 2.03. The van der Waals surface area contributed by atoms with Crippen LogP contribution in [-0.4, -0.2) is 23.6 Å². The first-order valence-corrected chi connectivity index (χ1v) is 6.91. The molecular formula is C12H18N2O2S. The van der Waals surface area contributed by atoms with Crippen LogP contribution in [-0.2, 0) is 16.1 Å². The van der Waals surface area contributed by atoms with E-state index < -0.39 is 0 Å². The second-order valence-corrected chi connectivity index (χ2v) is 5.28. The Morgan fingerprint density at radius 3 is 3.24 bits per heavy atom. The molecule has 1 amide bonds. The molecule has 1 N–H and O–H groups in total. The quantitative estimate of drug-likeness (QED) is 0.874. The Kier molecular flexibility index (Phi) is 4.50. The van der Waals surface area contributed by atoms with Crippen LogP contribution in [0.25, 0.3) is 0 Å². The zero-order chi connectivity index (χ0) is 12.1. The fourth-order valence-electron chi connectivity index (χ4n) is 1.91. The van der Waals surface area contributed by atoms with Gasteiger partial charge in [0.15, 0.2) is 0 Å². The zero-order valence-corrected chi connectivity index (χ0v) is 10.9. The third kappa shape index (κ3) is 4.09. The molecule has 0 bridgehead atoms. The number of hydrogen-bond donors (Lipinski definition) is 1. The highest BCUT2D eigenvalue weighted by molar-refractivity contribution is 7.09. The first-order chi connectivity index (χ1) is 8.24. The highest BCUT2D eigenvalue weighted by Crippen LogP contribution is 2.16. The highest BCUT2D eigenvalue weighted by atomic mass is 32.1. The Morgan fingerprint density at radius 1 is 1.71 bits per heavy atom. The SMILES string of the molecule is Cc1csc(CNC(=O)CC[C@H]2CCCO2)n1. The fourth-order valence-corrected chi connectivity index (χ4v) is 2.62. The maximum Gasteiger partial charge on any atom is 0.220 e. The van der Waals surface area contributed by atoms with Crippen molar-refractivity contribution < 1.29 is 9.53 Å². The topological polar surface area (TPSA) is 51.2 Å².